The highest BCUT2D eigenvalue weighted by Gasteiger charge is 2.14. The summed E-state index contributed by atoms with van der Waals surface area (Å²) in [6, 6.07) is 20.0. The quantitative estimate of drug-likeness (QED) is 0.577. The molecule has 0 fully saturated rings. The Morgan fingerprint density at radius 1 is 1.08 bits per heavy atom. The number of hydrogen-bond acceptors (Lipinski definition) is 3. The van der Waals surface area contributed by atoms with Gasteiger partial charge in [0.05, 0.1) is 21.8 Å². The molecule has 1 N–H and O–H groups in total. The van der Waals surface area contributed by atoms with Gasteiger partial charge in [-0.2, -0.15) is 0 Å². The van der Waals surface area contributed by atoms with Crippen LogP contribution in [0.2, 0.25) is 0 Å². The Balaban J connectivity index is 1.62. The van der Waals surface area contributed by atoms with E-state index in [4.69, 9.17) is 0 Å². The van der Waals surface area contributed by atoms with E-state index in [1.807, 2.05) is 43.3 Å². The molecule has 0 unspecified atom stereocenters. The van der Waals surface area contributed by atoms with Crippen LogP contribution in [0.3, 0.4) is 0 Å². The van der Waals surface area contributed by atoms with Crippen molar-refractivity contribution in [3.05, 3.63) is 77.3 Å². The Hall–Kier alpha value is -2.72. The summed E-state index contributed by atoms with van der Waals surface area (Å²) >= 11 is 1.54. The molecule has 118 valence electrons. The number of rotatable bonds is 3. The third-order valence-electron chi connectivity index (χ3n) is 4.23. The molecule has 4 aromatic rings. The first-order valence-corrected chi connectivity index (χ1v) is 8.72. The standard InChI is InChI=1S/C20H16N2OS/c1-13(16-8-4-6-14-5-2-3-7-17(14)16)22-20(23)15-9-10-18-19(11-15)24-12-21-18/h2-13H,1H3,(H,22,23)/t13-/m0/s1. The van der Waals surface area contributed by atoms with Crippen molar-refractivity contribution in [2.75, 3.05) is 0 Å². The lowest BCUT2D eigenvalue weighted by Crippen LogP contribution is -2.26. The van der Waals surface area contributed by atoms with E-state index in [0.29, 0.717) is 5.56 Å². The molecule has 24 heavy (non-hydrogen) atoms. The Morgan fingerprint density at radius 2 is 1.92 bits per heavy atom. The number of nitrogens with zero attached hydrogens (tertiary/aromatic N) is 1. The van der Waals surface area contributed by atoms with Crippen LogP contribution in [0.1, 0.15) is 28.9 Å². The molecule has 1 heterocycles. The monoisotopic (exact) mass is 332 g/mol. The van der Waals surface area contributed by atoms with Gasteiger partial charge < -0.3 is 5.32 Å². The van der Waals surface area contributed by atoms with Gasteiger partial charge in [-0.1, -0.05) is 42.5 Å². The summed E-state index contributed by atoms with van der Waals surface area (Å²) in [5.74, 6) is -0.0641. The Kier molecular flexibility index (Phi) is 3.75. The minimum atomic E-state index is -0.0687. The van der Waals surface area contributed by atoms with Gasteiger partial charge in [-0.25, -0.2) is 4.98 Å². The van der Waals surface area contributed by atoms with Crippen molar-refractivity contribution >= 4 is 38.2 Å². The summed E-state index contributed by atoms with van der Waals surface area (Å²) < 4.78 is 1.03. The first kappa shape index (κ1) is 14.8. The van der Waals surface area contributed by atoms with Crippen LogP contribution in [-0.2, 0) is 0 Å². The highest BCUT2D eigenvalue weighted by atomic mass is 32.1. The zero-order chi connectivity index (χ0) is 16.5. The van der Waals surface area contributed by atoms with E-state index in [1.165, 1.54) is 10.8 Å². The number of nitrogens with one attached hydrogen (secondary N) is 1. The van der Waals surface area contributed by atoms with E-state index in [2.05, 4.69) is 34.6 Å². The molecule has 0 spiro atoms. The van der Waals surface area contributed by atoms with Gasteiger partial charge >= 0.3 is 0 Å². The number of aromatic nitrogens is 1. The normalized spacial score (nSPS) is 12.4. The number of hydrogen-bond donors (Lipinski definition) is 1. The molecule has 0 aliphatic carbocycles. The van der Waals surface area contributed by atoms with Gasteiger partial charge in [0.2, 0.25) is 0 Å². The number of carbonyl (C=O) groups is 1. The average Bonchev–Trinajstić information content (AvgIpc) is 3.08. The summed E-state index contributed by atoms with van der Waals surface area (Å²) in [5, 5.41) is 5.46. The first-order chi connectivity index (χ1) is 11.7. The number of amides is 1. The third kappa shape index (κ3) is 2.65. The van der Waals surface area contributed by atoms with Gasteiger partial charge in [0.15, 0.2) is 0 Å². The molecule has 4 rings (SSSR count). The van der Waals surface area contributed by atoms with Gasteiger partial charge in [-0.3, -0.25) is 4.79 Å². The molecular formula is C20H16N2OS. The molecule has 0 bridgehead atoms. The lowest BCUT2D eigenvalue weighted by molar-refractivity contribution is 0.0940. The number of carbonyl (C=O) groups excluding carboxylic acids is 1. The van der Waals surface area contributed by atoms with Crippen molar-refractivity contribution in [2.45, 2.75) is 13.0 Å². The fraction of sp³-hybridized carbons (Fsp3) is 0.100. The molecule has 0 radical (unpaired) electrons. The molecule has 0 aliphatic heterocycles. The summed E-state index contributed by atoms with van der Waals surface area (Å²) in [6.07, 6.45) is 0. The van der Waals surface area contributed by atoms with Crippen LogP contribution >= 0.6 is 11.3 Å². The summed E-state index contributed by atoms with van der Waals surface area (Å²) in [7, 11) is 0. The van der Waals surface area contributed by atoms with Crippen LogP contribution in [0.15, 0.2) is 66.2 Å². The average molecular weight is 332 g/mol. The second-order valence-electron chi connectivity index (χ2n) is 5.80. The third-order valence-corrected chi connectivity index (χ3v) is 5.02. The van der Waals surface area contributed by atoms with Gasteiger partial charge in [0.1, 0.15) is 0 Å². The smallest absolute Gasteiger partial charge is 0.251 e. The summed E-state index contributed by atoms with van der Waals surface area (Å²) in [5.41, 5.74) is 4.52. The van der Waals surface area contributed by atoms with Crippen LogP contribution in [0.4, 0.5) is 0 Å². The fourth-order valence-electron chi connectivity index (χ4n) is 2.98. The fourth-order valence-corrected chi connectivity index (χ4v) is 3.70. The van der Waals surface area contributed by atoms with Crippen molar-refractivity contribution in [2.24, 2.45) is 0 Å². The summed E-state index contributed by atoms with van der Waals surface area (Å²) in [6.45, 7) is 2.02. The van der Waals surface area contributed by atoms with Crippen LogP contribution in [0.5, 0.6) is 0 Å². The van der Waals surface area contributed by atoms with E-state index in [9.17, 15) is 4.79 Å². The van der Waals surface area contributed by atoms with Crippen LogP contribution in [-0.4, -0.2) is 10.9 Å². The lowest BCUT2D eigenvalue weighted by atomic mass is 9.99. The topological polar surface area (TPSA) is 42.0 Å². The van der Waals surface area contributed by atoms with Gasteiger partial charge in [0, 0.05) is 5.56 Å². The van der Waals surface area contributed by atoms with Crippen molar-refractivity contribution < 1.29 is 4.79 Å². The number of thiazole rings is 1. The van der Waals surface area contributed by atoms with Crippen molar-refractivity contribution in [3.63, 3.8) is 0 Å². The molecule has 0 aliphatic rings. The molecule has 4 heteroatoms. The minimum absolute atomic E-state index is 0.0641. The molecule has 1 amide bonds. The zero-order valence-electron chi connectivity index (χ0n) is 13.2. The summed E-state index contributed by atoms with van der Waals surface area (Å²) in [4.78, 5) is 16.9. The van der Waals surface area contributed by atoms with E-state index in [1.54, 1.807) is 16.8 Å². The molecular weight excluding hydrogens is 316 g/mol. The number of fused-ring (bicyclic) bond motifs is 2. The van der Waals surface area contributed by atoms with Crippen molar-refractivity contribution in [1.29, 1.82) is 0 Å². The second kappa shape index (κ2) is 6.06. The van der Waals surface area contributed by atoms with E-state index in [0.717, 1.165) is 15.8 Å². The lowest BCUT2D eigenvalue weighted by Gasteiger charge is -2.16. The number of benzene rings is 3. The Morgan fingerprint density at radius 3 is 2.83 bits per heavy atom. The Labute approximate surface area is 144 Å². The van der Waals surface area contributed by atoms with Crippen LogP contribution < -0.4 is 5.32 Å². The maximum absolute atomic E-state index is 12.6. The van der Waals surface area contributed by atoms with Crippen molar-refractivity contribution in [3.8, 4) is 0 Å². The van der Waals surface area contributed by atoms with Gasteiger partial charge in [-0.05, 0) is 41.5 Å². The molecule has 1 atom stereocenters. The highest BCUT2D eigenvalue weighted by Crippen LogP contribution is 2.25. The van der Waals surface area contributed by atoms with Crippen LogP contribution in [0, 0.1) is 0 Å². The minimum Gasteiger partial charge on any atom is -0.345 e. The Bertz CT molecular complexity index is 1030. The SMILES string of the molecule is C[C@H](NC(=O)c1ccc2ncsc2c1)c1cccc2ccccc12. The van der Waals surface area contributed by atoms with Crippen molar-refractivity contribution in [1.82, 2.24) is 10.3 Å². The van der Waals surface area contributed by atoms with E-state index in [-0.39, 0.29) is 11.9 Å². The zero-order valence-corrected chi connectivity index (χ0v) is 14.0. The molecule has 0 saturated heterocycles. The van der Waals surface area contributed by atoms with Gasteiger partial charge in [0.25, 0.3) is 5.91 Å². The second-order valence-corrected chi connectivity index (χ2v) is 6.68. The first-order valence-electron chi connectivity index (χ1n) is 7.84. The van der Waals surface area contributed by atoms with Crippen LogP contribution in [0.25, 0.3) is 21.0 Å². The maximum Gasteiger partial charge on any atom is 0.251 e. The predicted molar refractivity (Wildman–Crippen MR) is 99.4 cm³/mol. The molecule has 1 aromatic heterocycles. The van der Waals surface area contributed by atoms with E-state index >= 15 is 0 Å². The maximum atomic E-state index is 12.6. The molecule has 0 saturated carbocycles. The van der Waals surface area contributed by atoms with E-state index < -0.39 is 0 Å². The molecule has 3 nitrogen and oxygen atoms in total. The highest BCUT2D eigenvalue weighted by molar-refractivity contribution is 7.16. The molecule has 3 aromatic carbocycles. The predicted octanol–water partition coefficient (Wildman–Crippen LogP) is 4.94. The van der Waals surface area contributed by atoms with Gasteiger partial charge in [-0.15, -0.1) is 11.3 Å². The largest absolute Gasteiger partial charge is 0.345 e.